The third kappa shape index (κ3) is 4.57. The number of imide groups is 1. The number of amides is 3. The summed E-state index contributed by atoms with van der Waals surface area (Å²) >= 11 is 0. The molecule has 1 N–H and O–H groups in total. The molecule has 0 radical (unpaired) electrons. The molecular weight excluding hydrogens is 434 g/mol. The fraction of sp³-hybridized carbons (Fsp3) is 0.591. The van der Waals surface area contributed by atoms with Crippen LogP contribution in [0, 0.1) is 11.8 Å². The lowest BCUT2D eigenvalue weighted by atomic mass is 9.81. The predicted molar refractivity (Wildman–Crippen MR) is 115 cm³/mol. The molecule has 2 aliphatic heterocycles. The largest absolute Gasteiger partial charge is 0.379 e. The Morgan fingerprint density at radius 3 is 2.31 bits per heavy atom. The van der Waals surface area contributed by atoms with Crippen molar-refractivity contribution in [3.63, 3.8) is 0 Å². The summed E-state index contributed by atoms with van der Waals surface area (Å²) in [4.78, 5) is 38.9. The van der Waals surface area contributed by atoms with Gasteiger partial charge in [-0.1, -0.05) is 31.0 Å². The second-order valence-corrected chi connectivity index (χ2v) is 10.4. The molecule has 1 aliphatic carbocycles. The van der Waals surface area contributed by atoms with Crippen molar-refractivity contribution in [1.82, 2.24) is 14.5 Å². The zero-order chi connectivity index (χ0) is 22.7. The number of morpholine rings is 1. The summed E-state index contributed by atoms with van der Waals surface area (Å²) in [7, 11) is -3.69. The van der Waals surface area contributed by atoms with Crippen LogP contribution in [-0.4, -0.2) is 68.2 Å². The first-order valence-electron chi connectivity index (χ1n) is 11.2. The normalized spacial score (nSPS) is 24.4. The molecular formula is C22H29N3O6S. The van der Waals surface area contributed by atoms with Gasteiger partial charge in [-0.3, -0.25) is 19.3 Å². The number of carbonyl (C=O) groups is 3. The third-order valence-corrected chi connectivity index (χ3v) is 8.53. The second-order valence-electron chi connectivity index (χ2n) is 8.48. The molecule has 3 amide bonds. The van der Waals surface area contributed by atoms with Gasteiger partial charge in [0.15, 0.2) is 0 Å². The van der Waals surface area contributed by atoms with Gasteiger partial charge in [0.1, 0.15) is 0 Å². The number of nitrogens with zero attached hydrogens (tertiary/aromatic N) is 2. The Labute approximate surface area is 188 Å². The smallest absolute Gasteiger partial charge is 0.243 e. The van der Waals surface area contributed by atoms with Gasteiger partial charge in [0.25, 0.3) is 0 Å². The van der Waals surface area contributed by atoms with Crippen molar-refractivity contribution in [3.05, 3.63) is 29.8 Å². The highest BCUT2D eigenvalue weighted by Gasteiger charge is 2.47. The summed E-state index contributed by atoms with van der Waals surface area (Å²) in [5.41, 5.74) is 0.492. The maximum absolute atomic E-state index is 13.0. The molecule has 3 aliphatic rings. The van der Waals surface area contributed by atoms with Crippen molar-refractivity contribution in [1.29, 1.82) is 0 Å². The molecule has 0 spiro atoms. The quantitative estimate of drug-likeness (QED) is 0.601. The van der Waals surface area contributed by atoms with Crippen LogP contribution in [0.15, 0.2) is 29.2 Å². The van der Waals surface area contributed by atoms with Gasteiger partial charge in [0.2, 0.25) is 27.7 Å². The van der Waals surface area contributed by atoms with E-state index in [0.29, 0.717) is 31.9 Å². The Balaban J connectivity index is 1.35. The fourth-order valence-electron chi connectivity index (χ4n) is 4.77. The lowest BCUT2D eigenvalue weighted by Gasteiger charge is -2.27. The molecule has 32 heavy (non-hydrogen) atoms. The molecule has 0 bridgehead atoms. The zero-order valence-corrected chi connectivity index (χ0v) is 18.8. The van der Waals surface area contributed by atoms with Gasteiger partial charge in [-0.15, -0.1) is 0 Å². The lowest BCUT2D eigenvalue weighted by Crippen LogP contribution is -2.41. The number of rotatable bonds is 7. The SMILES string of the molecule is O=C(CCN1C(=O)[C@@H]2CCCC[C@H]2C1=O)NCc1ccccc1S(=O)(=O)N1CCOCC1. The Kier molecular flexibility index (Phi) is 6.92. The molecule has 3 fully saturated rings. The molecule has 0 unspecified atom stereocenters. The number of fused-ring (bicyclic) bond motifs is 1. The average molecular weight is 464 g/mol. The van der Waals surface area contributed by atoms with Crippen molar-refractivity contribution in [2.45, 2.75) is 43.5 Å². The summed E-state index contributed by atoms with van der Waals surface area (Å²) in [6, 6.07) is 6.59. The van der Waals surface area contributed by atoms with Crippen molar-refractivity contribution in [2.24, 2.45) is 11.8 Å². The van der Waals surface area contributed by atoms with E-state index in [0.717, 1.165) is 25.7 Å². The van der Waals surface area contributed by atoms with Gasteiger partial charge in [0.05, 0.1) is 29.9 Å². The van der Waals surface area contributed by atoms with Crippen LogP contribution in [0.5, 0.6) is 0 Å². The second kappa shape index (κ2) is 9.68. The Hall–Kier alpha value is -2.30. The molecule has 1 aromatic rings. The number of hydrogen-bond acceptors (Lipinski definition) is 6. The highest BCUT2D eigenvalue weighted by Crippen LogP contribution is 2.37. The third-order valence-electron chi connectivity index (χ3n) is 6.53. The van der Waals surface area contributed by atoms with Crippen LogP contribution in [0.25, 0.3) is 0 Å². The van der Waals surface area contributed by atoms with E-state index in [9.17, 15) is 22.8 Å². The van der Waals surface area contributed by atoms with E-state index in [4.69, 9.17) is 4.74 Å². The number of sulfonamides is 1. The van der Waals surface area contributed by atoms with Gasteiger partial charge in [-0.2, -0.15) is 4.31 Å². The minimum Gasteiger partial charge on any atom is -0.379 e. The van der Waals surface area contributed by atoms with E-state index in [1.807, 2.05) is 0 Å². The minimum absolute atomic E-state index is 0.00466. The summed E-state index contributed by atoms with van der Waals surface area (Å²) < 4.78 is 32.7. The van der Waals surface area contributed by atoms with Crippen LogP contribution in [0.1, 0.15) is 37.7 Å². The van der Waals surface area contributed by atoms with E-state index >= 15 is 0 Å². The predicted octanol–water partition coefficient (Wildman–Crippen LogP) is 0.889. The summed E-state index contributed by atoms with van der Waals surface area (Å²) in [6.07, 6.45) is 3.40. The molecule has 9 nitrogen and oxygen atoms in total. The number of nitrogens with one attached hydrogen (secondary N) is 1. The van der Waals surface area contributed by atoms with Crippen molar-refractivity contribution in [2.75, 3.05) is 32.8 Å². The van der Waals surface area contributed by atoms with Crippen LogP contribution >= 0.6 is 0 Å². The van der Waals surface area contributed by atoms with Crippen molar-refractivity contribution < 1.29 is 27.5 Å². The van der Waals surface area contributed by atoms with Gasteiger partial charge < -0.3 is 10.1 Å². The van der Waals surface area contributed by atoms with E-state index in [2.05, 4.69) is 5.32 Å². The standard InChI is InChI=1S/C22H29N3O6S/c26-20(9-10-25-21(27)17-6-2-3-7-18(17)22(25)28)23-15-16-5-1-4-8-19(16)32(29,30)24-11-13-31-14-12-24/h1,4-5,8,17-18H,2-3,6-7,9-15H2,(H,23,26)/t17-,18-/m1/s1. The Morgan fingerprint density at radius 2 is 1.66 bits per heavy atom. The molecule has 1 aromatic carbocycles. The summed E-state index contributed by atoms with van der Waals surface area (Å²) in [6.45, 7) is 1.41. The average Bonchev–Trinajstić information content (AvgIpc) is 3.07. The van der Waals surface area contributed by atoms with Crippen molar-refractivity contribution >= 4 is 27.7 Å². The van der Waals surface area contributed by atoms with Crippen LogP contribution in [0.4, 0.5) is 0 Å². The minimum atomic E-state index is -3.69. The first-order chi connectivity index (χ1) is 15.4. The highest BCUT2D eigenvalue weighted by atomic mass is 32.2. The molecule has 10 heteroatoms. The van der Waals surface area contributed by atoms with Crippen LogP contribution in [0.2, 0.25) is 0 Å². The number of likely N-dealkylation sites (tertiary alicyclic amines) is 1. The number of ether oxygens (including phenoxy) is 1. The van der Waals surface area contributed by atoms with E-state index in [-0.39, 0.29) is 54.0 Å². The highest BCUT2D eigenvalue weighted by molar-refractivity contribution is 7.89. The maximum atomic E-state index is 13.0. The van der Waals surface area contributed by atoms with Crippen molar-refractivity contribution in [3.8, 4) is 0 Å². The van der Waals surface area contributed by atoms with Crippen LogP contribution in [-0.2, 0) is 35.7 Å². The maximum Gasteiger partial charge on any atom is 0.243 e. The summed E-state index contributed by atoms with van der Waals surface area (Å²) in [5, 5.41) is 2.73. The number of hydrogen-bond donors (Lipinski definition) is 1. The summed E-state index contributed by atoms with van der Waals surface area (Å²) in [5.74, 6) is -1.10. The topological polar surface area (TPSA) is 113 Å². The monoisotopic (exact) mass is 463 g/mol. The zero-order valence-electron chi connectivity index (χ0n) is 18.0. The van der Waals surface area contributed by atoms with E-state index in [1.54, 1.807) is 18.2 Å². The Morgan fingerprint density at radius 1 is 1.03 bits per heavy atom. The van der Waals surface area contributed by atoms with Crippen LogP contribution < -0.4 is 5.32 Å². The fourth-order valence-corrected chi connectivity index (χ4v) is 6.40. The first-order valence-corrected chi connectivity index (χ1v) is 12.6. The molecule has 174 valence electrons. The molecule has 1 saturated carbocycles. The Bertz CT molecular complexity index is 965. The van der Waals surface area contributed by atoms with Gasteiger partial charge in [0, 0.05) is 32.6 Å². The molecule has 2 saturated heterocycles. The number of carbonyl (C=O) groups excluding carboxylic acids is 3. The van der Waals surface area contributed by atoms with Gasteiger partial charge >= 0.3 is 0 Å². The van der Waals surface area contributed by atoms with Crippen LogP contribution in [0.3, 0.4) is 0 Å². The van der Waals surface area contributed by atoms with Gasteiger partial charge in [-0.25, -0.2) is 8.42 Å². The van der Waals surface area contributed by atoms with Gasteiger partial charge in [-0.05, 0) is 24.5 Å². The molecule has 2 atom stereocenters. The molecule has 0 aromatic heterocycles. The van der Waals surface area contributed by atoms with E-state index < -0.39 is 10.0 Å². The first kappa shape index (κ1) is 22.9. The van der Waals surface area contributed by atoms with E-state index in [1.165, 1.54) is 15.3 Å². The molecule has 2 heterocycles. The molecule has 4 rings (SSSR count). The number of benzene rings is 1. The lowest BCUT2D eigenvalue weighted by molar-refractivity contribution is -0.140.